The Kier molecular flexibility index (Phi) is 7.47. The Labute approximate surface area is 209 Å². The van der Waals surface area contributed by atoms with Crippen LogP contribution in [-0.4, -0.2) is 22.2 Å². The summed E-state index contributed by atoms with van der Waals surface area (Å²) in [6.07, 6.45) is -1.71. The molecule has 12 heteroatoms. The average Bonchev–Trinajstić information content (AvgIpc) is 3.30. The van der Waals surface area contributed by atoms with Gasteiger partial charge in [-0.3, -0.25) is 19.8 Å². The fraction of sp³-hybridized carbons (Fsp3) is 0.160. The number of benzene rings is 2. The van der Waals surface area contributed by atoms with Crippen LogP contribution in [0, 0.1) is 0 Å². The maximum Gasteiger partial charge on any atom is 0.416 e. The number of aliphatic imine (C=N–C) groups is 1. The van der Waals surface area contributed by atoms with Crippen LogP contribution in [0.1, 0.15) is 29.7 Å². The van der Waals surface area contributed by atoms with Gasteiger partial charge in [-0.15, -0.1) is 0 Å². The standard InChI is InChI=1S/C25H21F3N6O3/c1-16(17-7-3-2-4-8-17)23(35)30-20-11-18(25(26,27)28)12-21(13-20)31-24(36)32-22-15-34(33-37-22)14-19-9-5-6-10-29-19/h2-13,15-16H,14H2,1H3,(H2-,30,31,32,33,35,36). The molecule has 4 aromatic rings. The Morgan fingerprint density at radius 3 is 2.57 bits per heavy atom. The third-order valence-corrected chi connectivity index (χ3v) is 5.21. The zero-order chi connectivity index (χ0) is 26.4. The molecule has 190 valence electrons. The molecule has 1 atom stereocenters. The highest BCUT2D eigenvalue weighted by Crippen LogP contribution is 2.34. The molecule has 0 aliphatic carbocycles. The zero-order valence-corrected chi connectivity index (χ0v) is 19.4. The third-order valence-electron chi connectivity index (χ3n) is 5.21. The number of carbonyl (C=O) groups excluding carboxylic acids is 1. The molecule has 37 heavy (non-hydrogen) atoms. The Morgan fingerprint density at radius 2 is 1.86 bits per heavy atom. The second-order valence-corrected chi connectivity index (χ2v) is 8.01. The van der Waals surface area contributed by atoms with Gasteiger partial charge in [0.15, 0.2) is 0 Å². The lowest BCUT2D eigenvalue weighted by Crippen LogP contribution is -2.35. The molecule has 4 rings (SSSR count). The summed E-state index contributed by atoms with van der Waals surface area (Å²) in [4.78, 5) is 20.4. The van der Waals surface area contributed by atoms with Crippen molar-refractivity contribution in [2.24, 2.45) is 4.99 Å². The number of aromatic nitrogens is 3. The van der Waals surface area contributed by atoms with Crippen LogP contribution >= 0.6 is 0 Å². The second-order valence-electron chi connectivity index (χ2n) is 8.01. The first-order valence-electron chi connectivity index (χ1n) is 11.0. The van der Waals surface area contributed by atoms with Crippen molar-refractivity contribution in [1.82, 2.24) is 10.3 Å². The lowest BCUT2D eigenvalue weighted by molar-refractivity contribution is -0.755. The molecule has 0 radical (unpaired) electrons. The summed E-state index contributed by atoms with van der Waals surface area (Å²) < 4.78 is 46.9. The highest BCUT2D eigenvalue weighted by molar-refractivity contribution is 5.99. The number of rotatable bonds is 7. The molecule has 0 saturated heterocycles. The minimum atomic E-state index is -4.73. The summed E-state index contributed by atoms with van der Waals surface area (Å²) in [5.41, 5.74) is -0.156. The van der Waals surface area contributed by atoms with E-state index in [9.17, 15) is 23.1 Å². The molecule has 0 aliphatic rings. The topological polar surface area (TPSA) is 119 Å². The van der Waals surface area contributed by atoms with Gasteiger partial charge in [0.1, 0.15) is 5.69 Å². The molecule has 0 fully saturated rings. The normalized spacial score (nSPS) is 12.7. The van der Waals surface area contributed by atoms with Crippen molar-refractivity contribution in [3.63, 3.8) is 0 Å². The molecule has 9 nitrogen and oxygen atoms in total. The molecule has 0 bridgehead atoms. The monoisotopic (exact) mass is 510 g/mol. The van der Waals surface area contributed by atoms with Crippen LogP contribution < -0.4 is 20.4 Å². The van der Waals surface area contributed by atoms with Crippen molar-refractivity contribution in [2.75, 3.05) is 10.6 Å². The van der Waals surface area contributed by atoms with E-state index in [0.29, 0.717) is 11.3 Å². The molecular formula is C25H21F3N6O3. The van der Waals surface area contributed by atoms with Crippen molar-refractivity contribution in [1.29, 1.82) is 0 Å². The van der Waals surface area contributed by atoms with Crippen LogP contribution in [-0.2, 0) is 12.7 Å². The molecule has 1 unspecified atom stereocenters. The van der Waals surface area contributed by atoms with E-state index in [0.717, 1.165) is 12.1 Å². The largest absolute Gasteiger partial charge is 0.861 e. The highest BCUT2D eigenvalue weighted by atomic mass is 19.4. The average molecular weight is 510 g/mol. The highest BCUT2D eigenvalue weighted by Gasteiger charge is 2.31. The van der Waals surface area contributed by atoms with Crippen LogP contribution in [0.5, 0.6) is 0 Å². The first-order valence-corrected chi connectivity index (χ1v) is 11.0. The number of hydrogen-bond donors (Lipinski definition) is 2. The SMILES string of the molecule is CC(C([O-])=Nc1cc(NC(=O)Nc2c[n+](Cc3ccccn3)no2)cc(C(F)(F)F)c1)c1ccccc1. The minimum Gasteiger partial charge on any atom is -0.861 e. The molecule has 2 aromatic carbocycles. The van der Waals surface area contributed by atoms with E-state index in [1.165, 1.54) is 16.9 Å². The number of hydrogen-bond acceptors (Lipinski definition) is 6. The maximum atomic E-state index is 13.5. The van der Waals surface area contributed by atoms with Gasteiger partial charge in [0.05, 0.1) is 11.3 Å². The van der Waals surface area contributed by atoms with Crippen molar-refractivity contribution in [3.8, 4) is 0 Å². The van der Waals surface area contributed by atoms with Crippen LogP contribution in [0.2, 0.25) is 0 Å². The molecule has 2 amide bonds. The fourth-order valence-corrected chi connectivity index (χ4v) is 3.36. The van der Waals surface area contributed by atoms with E-state index in [4.69, 9.17) is 4.52 Å². The number of anilines is 2. The van der Waals surface area contributed by atoms with Crippen LogP contribution in [0.25, 0.3) is 0 Å². The Morgan fingerprint density at radius 1 is 1.11 bits per heavy atom. The molecule has 2 N–H and O–H groups in total. The molecule has 0 aliphatic heterocycles. The van der Waals surface area contributed by atoms with Crippen molar-refractivity contribution < 1.29 is 32.3 Å². The summed E-state index contributed by atoms with van der Waals surface area (Å²) in [6, 6.07) is 15.9. The maximum absolute atomic E-state index is 13.5. The lowest BCUT2D eigenvalue weighted by Gasteiger charge is -2.20. The van der Waals surface area contributed by atoms with Gasteiger partial charge in [0, 0.05) is 17.8 Å². The number of urea groups is 1. The summed E-state index contributed by atoms with van der Waals surface area (Å²) in [6.45, 7) is 1.89. The van der Waals surface area contributed by atoms with E-state index in [1.54, 1.807) is 61.7 Å². The minimum absolute atomic E-state index is 0.0443. The lowest BCUT2D eigenvalue weighted by atomic mass is 10.0. The molecule has 2 aromatic heterocycles. The van der Waals surface area contributed by atoms with Gasteiger partial charge in [0.25, 0.3) is 6.20 Å². The van der Waals surface area contributed by atoms with Gasteiger partial charge in [0.2, 0.25) is 11.8 Å². The van der Waals surface area contributed by atoms with Gasteiger partial charge in [-0.2, -0.15) is 13.2 Å². The summed E-state index contributed by atoms with van der Waals surface area (Å²) in [5, 5.41) is 21.0. The van der Waals surface area contributed by atoms with Gasteiger partial charge < -0.3 is 10.4 Å². The van der Waals surface area contributed by atoms with Crippen molar-refractivity contribution >= 4 is 29.2 Å². The molecule has 0 spiro atoms. The molecule has 0 saturated carbocycles. The van der Waals surface area contributed by atoms with Crippen molar-refractivity contribution in [2.45, 2.75) is 25.6 Å². The first-order chi connectivity index (χ1) is 17.7. The van der Waals surface area contributed by atoms with Gasteiger partial charge in [-0.25, -0.2) is 4.79 Å². The Balaban J connectivity index is 1.50. The number of nitrogens with zero attached hydrogens (tertiary/aromatic N) is 4. The predicted octanol–water partition coefficient (Wildman–Crippen LogP) is 4.26. The van der Waals surface area contributed by atoms with E-state index in [2.05, 4.69) is 25.9 Å². The van der Waals surface area contributed by atoms with E-state index >= 15 is 0 Å². The van der Waals surface area contributed by atoms with Crippen LogP contribution in [0.15, 0.2) is 88.6 Å². The summed E-state index contributed by atoms with van der Waals surface area (Å²) in [7, 11) is 0. The summed E-state index contributed by atoms with van der Waals surface area (Å²) >= 11 is 0. The van der Waals surface area contributed by atoms with E-state index in [-0.39, 0.29) is 23.8 Å². The molecular weight excluding hydrogens is 489 g/mol. The second kappa shape index (κ2) is 10.9. The van der Waals surface area contributed by atoms with Crippen LogP contribution in [0.4, 0.5) is 35.2 Å². The number of nitrogens with one attached hydrogen (secondary N) is 2. The smallest absolute Gasteiger partial charge is 0.416 e. The van der Waals surface area contributed by atoms with E-state index in [1.807, 2.05) is 0 Å². The van der Waals surface area contributed by atoms with Crippen molar-refractivity contribution in [3.05, 3.63) is 95.9 Å². The van der Waals surface area contributed by atoms with E-state index < -0.39 is 29.6 Å². The predicted molar refractivity (Wildman–Crippen MR) is 126 cm³/mol. The number of halogens is 3. The molecule has 2 heterocycles. The van der Waals surface area contributed by atoms with Gasteiger partial charge >= 0.3 is 18.1 Å². The Bertz CT molecular complexity index is 1390. The number of amides is 2. The number of alkyl halides is 3. The van der Waals surface area contributed by atoms with Gasteiger partial charge in [-0.05, 0) is 46.5 Å². The van der Waals surface area contributed by atoms with Crippen LogP contribution in [0.3, 0.4) is 0 Å². The van der Waals surface area contributed by atoms with Gasteiger partial charge in [-0.1, -0.05) is 43.3 Å². The Hall–Kier alpha value is -4.74. The summed E-state index contributed by atoms with van der Waals surface area (Å²) in [5.74, 6) is -1.34. The first kappa shape index (κ1) is 25.4. The number of carbonyl (C=O) groups is 1. The third kappa shape index (κ3) is 6.90. The zero-order valence-electron chi connectivity index (χ0n) is 19.4. The number of pyridine rings is 1. The quantitative estimate of drug-likeness (QED) is 0.219. The fourth-order valence-electron chi connectivity index (χ4n) is 3.36.